The maximum absolute atomic E-state index is 14.0. The van der Waals surface area contributed by atoms with Gasteiger partial charge in [-0.3, -0.25) is 0 Å². The van der Waals surface area contributed by atoms with E-state index in [1.165, 1.54) is 38.5 Å². The Morgan fingerprint density at radius 3 is 2.53 bits per heavy atom. The van der Waals surface area contributed by atoms with E-state index >= 15 is 0 Å². The summed E-state index contributed by atoms with van der Waals surface area (Å²) in [5.74, 6) is 1.29. The molecule has 0 N–H and O–H groups in total. The van der Waals surface area contributed by atoms with Crippen molar-refractivity contribution in [1.29, 1.82) is 0 Å². The second-order valence-corrected chi connectivity index (χ2v) is 6.79. The largest absolute Gasteiger partial charge is 0.207 e. The Balaban J connectivity index is 1.85. The lowest BCUT2D eigenvalue weighted by molar-refractivity contribution is 0.299. The molecule has 1 aromatic carbocycles. The lowest BCUT2D eigenvalue weighted by atomic mass is 9.77. The Kier molecular flexibility index (Phi) is 5.87. The summed E-state index contributed by atoms with van der Waals surface area (Å²) < 4.78 is 14.8. The van der Waals surface area contributed by atoms with Crippen molar-refractivity contribution in [3.05, 3.63) is 34.1 Å². The van der Waals surface area contributed by atoms with E-state index in [1.807, 2.05) is 12.1 Å². The first-order valence-electron chi connectivity index (χ1n) is 7.65. The van der Waals surface area contributed by atoms with Crippen molar-refractivity contribution in [1.82, 2.24) is 0 Å². The smallest absolute Gasteiger partial charge is 0.127 e. The van der Waals surface area contributed by atoms with Gasteiger partial charge < -0.3 is 0 Å². The Bertz CT molecular complexity index is 394. The molecular weight excluding hydrogens is 303 g/mol. The van der Waals surface area contributed by atoms with Gasteiger partial charge in [-0.2, -0.15) is 0 Å². The number of hydrogen-bond acceptors (Lipinski definition) is 0. The minimum atomic E-state index is -0.0381. The lowest BCUT2D eigenvalue weighted by Crippen LogP contribution is -2.14. The van der Waals surface area contributed by atoms with Crippen molar-refractivity contribution in [3.8, 4) is 0 Å². The first-order chi connectivity index (χ1) is 9.20. The molecule has 0 aromatic heterocycles. The van der Waals surface area contributed by atoms with Gasteiger partial charge in [0.2, 0.25) is 0 Å². The van der Waals surface area contributed by atoms with Crippen molar-refractivity contribution >= 4 is 15.9 Å². The first kappa shape index (κ1) is 15.0. The summed E-state index contributed by atoms with van der Waals surface area (Å²) in [4.78, 5) is 0. The number of halogens is 2. The molecule has 0 heterocycles. The second kappa shape index (κ2) is 7.42. The fourth-order valence-electron chi connectivity index (χ4n) is 3.28. The molecule has 0 amide bonds. The lowest BCUT2D eigenvalue weighted by Gasteiger charge is -2.29. The third kappa shape index (κ3) is 4.30. The van der Waals surface area contributed by atoms with E-state index in [9.17, 15) is 4.39 Å². The molecule has 1 saturated carbocycles. The summed E-state index contributed by atoms with van der Waals surface area (Å²) in [7, 11) is 0. The van der Waals surface area contributed by atoms with Gasteiger partial charge >= 0.3 is 0 Å². The average Bonchev–Trinajstić information content (AvgIpc) is 2.40. The van der Waals surface area contributed by atoms with Crippen LogP contribution in [0.3, 0.4) is 0 Å². The van der Waals surface area contributed by atoms with E-state index in [0.717, 1.165) is 28.8 Å². The van der Waals surface area contributed by atoms with Crippen LogP contribution in [-0.2, 0) is 0 Å². The van der Waals surface area contributed by atoms with E-state index in [0.29, 0.717) is 5.92 Å². The zero-order valence-electron chi connectivity index (χ0n) is 11.8. The summed E-state index contributed by atoms with van der Waals surface area (Å²) >= 11 is 3.33. The van der Waals surface area contributed by atoms with Crippen LogP contribution in [0.25, 0.3) is 0 Å². The van der Waals surface area contributed by atoms with Crippen LogP contribution in [-0.4, -0.2) is 0 Å². The van der Waals surface area contributed by atoms with Crippen molar-refractivity contribution < 1.29 is 4.39 Å². The van der Waals surface area contributed by atoms with Gasteiger partial charge in [-0.25, -0.2) is 4.39 Å². The first-order valence-corrected chi connectivity index (χ1v) is 8.45. The van der Waals surface area contributed by atoms with Gasteiger partial charge in [-0.1, -0.05) is 54.6 Å². The average molecular weight is 327 g/mol. The van der Waals surface area contributed by atoms with E-state index in [-0.39, 0.29) is 5.82 Å². The zero-order chi connectivity index (χ0) is 13.7. The van der Waals surface area contributed by atoms with Crippen LogP contribution < -0.4 is 0 Å². The highest BCUT2D eigenvalue weighted by atomic mass is 79.9. The van der Waals surface area contributed by atoms with Crippen LogP contribution >= 0.6 is 15.9 Å². The summed E-state index contributed by atoms with van der Waals surface area (Å²) in [6.45, 7) is 2.26. The third-order valence-corrected chi connectivity index (χ3v) is 4.96. The van der Waals surface area contributed by atoms with Crippen molar-refractivity contribution in [2.75, 3.05) is 0 Å². The van der Waals surface area contributed by atoms with Crippen molar-refractivity contribution in [3.63, 3.8) is 0 Å². The highest BCUT2D eigenvalue weighted by molar-refractivity contribution is 9.10. The molecule has 0 aliphatic heterocycles. The summed E-state index contributed by atoms with van der Waals surface area (Å²) in [6, 6.07) is 5.52. The molecule has 0 atom stereocenters. The molecule has 2 heteroatoms. The Hall–Kier alpha value is -0.370. The van der Waals surface area contributed by atoms with E-state index in [1.54, 1.807) is 6.07 Å². The van der Waals surface area contributed by atoms with Crippen molar-refractivity contribution in [2.24, 2.45) is 5.92 Å². The van der Waals surface area contributed by atoms with Gasteiger partial charge in [-0.15, -0.1) is 0 Å². The predicted octanol–water partition coefficient (Wildman–Crippen LogP) is 6.44. The Morgan fingerprint density at radius 1 is 1.16 bits per heavy atom. The molecule has 2 rings (SSSR count). The molecule has 19 heavy (non-hydrogen) atoms. The van der Waals surface area contributed by atoms with Crippen LogP contribution in [0.5, 0.6) is 0 Å². The molecule has 1 fully saturated rings. The number of rotatable bonds is 5. The fraction of sp³-hybridized carbons (Fsp3) is 0.647. The molecule has 0 unspecified atom stereocenters. The topological polar surface area (TPSA) is 0 Å². The van der Waals surface area contributed by atoms with E-state index in [4.69, 9.17) is 0 Å². The minimum absolute atomic E-state index is 0.0381. The predicted molar refractivity (Wildman–Crippen MR) is 82.9 cm³/mol. The maximum atomic E-state index is 14.0. The molecule has 1 aromatic rings. The van der Waals surface area contributed by atoms with Crippen LogP contribution in [0.4, 0.5) is 4.39 Å². The van der Waals surface area contributed by atoms with Gasteiger partial charge in [-0.05, 0) is 55.2 Å². The van der Waals surface area contributed by atoms with Crippen LogP contribution in [0, 0.1) is 11.7 Å². The van der Waals surface area contributed by atoms with Crippen molar-refractivity contribution in [2.45, 2.75) is 64.2 Å². The molecular formula is C17H24BrF. The summed E-state index contributed by atoms with van der Waals surface area (Å²) in [5, 5.41) is 0. The summed E-state index contributed by atoms with van der Waals surface area (Å²) in [5.41, 5.74) is 0.926. The normalized spacial score (nSPS) is 23.5. The summed E-state index contributed by atoms with van der Waals surface area (Å²) in [6.07, 6.45) is 10.3. The molecule has 1 aliphatic rings. The molecule has 0 bridgehead atoms. The number of hydrogen-bond donors (Lipinski definition) is 0. The quantitative estimate of drug-likeness (QED) is 0.546. The van der Waals surface area contributed by atoms with Crippen LogP contribution in [0.1, 0.15) is 69.8 Å². The maximum Gasteiger partial charge on any atom is 0.127 e. The van der Waals surface area contributed by atoms with Gasteiger partial charge in [0.05, 0.1) is 0 Å². The van der Waals surface area contributed by atoms with Gasteiger partial charge in [0.1, 0.15) is 5.82 Å². The molecule has 0 radical (unpaired) electrons. The molecule has 0 spiro atoms. The highest BCUT2D eigenvalue weighted by Crippen LogP contribution is 2.38. The fourth-order valence-corrected chi connectivity index (χ4v) is 3.61. The minimum Gasteiger partial charge on any atom is -0.207 e. The SMILES string of the molecule is CCCCC[C@H]1CC[C@H](c2ccc(Br)cc2F)CC1. The standard InChI is InChI=1S/C17H24BrF/c1-2-3-4-5-13-6-8-14(9-7-13)16-11-10-15(18)12-17(16)19/h10-14H,2-9H2,1H3/t13-,14-. The van der Waals surface area contributed by atoms with Crippen LogP contribution in [0.2, 0.25) is 0 Å². The Morgan fingerprint density at radius 2 is 1.89 bits per heavy atom. The second-order valence-electron chi connectivity index (χ2n) is 5.88. The van der Waals surface area contributed by atoms with Gasteiger partial charge in [0, 0.05) is 4.47 Å². The Labute approximate surface area is 124 Å². The molecule has 0 nitrogen and oxygen atoms in total. The van der Waals surface area contributed by atoms with E-state index in [2.05, 4.69) is 22.9 Å². The van der Waals surface area contributed by atoms with Gasteiger partial charge in [0.25, 0.3) is 0 Å². The number of unbranched alkanes of at least 4 members (excludes halogenated alkanes) is 2. The zero-order valence-corrected chi connectivity index (χ0v) is 13.4. The van der Waals surface area contributed by atoms with Gasteiger partial charge in [0.15, 0.2) is 0 Å². The highest BCUT2D eigenvalue weighted by Gasteiger charge is 2.23. The molecule has 1 aliphatic carbocycles. The molecule has 0 saturated heterocycles. The number of benzene rings is 1. The third-order valence-electron chi connectivity index (χ3n) is 4.47. The van der Waals surface area contributed by atoms with Crippen LogP contribution in [0.15, 0.2) is 22.7 Å². The molecule has 106 valence electrons. The monoisotopic (exact) mass is 326 g/mol. The van der Waals surface area contributed by atoms with E-state index < -0.39 is 0 Å².